The van der Waals surface area contributed by atoms with Crippen LogP contribution in [0.15, 0.2) is 53.4 Å². The number of hydrogen-bond donors (Lipinski definition) is 2. The number of anilines is 1. The van der Waals surface area contributed by atoms with Gasteiger partial charge in [0.15, 0.2) is 11.6 Å². The summed E-state index contributed by atoms with van der Waals surface area (Å²) in [7, 11) is 0. The molecule has 2 N–H and O–H groups in total. The lowest BCUT2D eigenvalue weighted by atomic mass is 9.86. The number of nitrogens with one attached hydrogen (secondary N) is 2. The Hall–Kier alpha value is -4.58. The molecule has 11 nitrogen and oxygen atoms in total. The first-order valence-electron chi connectivity index (χ1n) is 17.2. The molecule has 1 aliphatic heterocycles. The molecule has 2 fully saturated rings. The van der Waals surface area contributed by atoms with E-state index in [2.05, 4.69) is 59.7 Å². The van der Waals surface area contributed by atoms with Gasteiger partial charge < -0.3 is 10.6 Å². The van der Waals surface area contributed by atoms with Gasteiger partial charge in [0, 0.05) is 55.1 Å². The number of carbonyl (C=O) groups is 4. The Morgan fingerprint density at radius 1 is 1.02 bits per heavy atom. The summed E-state index contributed by atoms with van der Waals surface area (Å²) < 4.78 is 2.27. The van der Waals surface area contributed by atoms with Gasteiger partial charge in [-0.25, -0.2) is 15.0 Å². The number of amides is 2. The van der Waals surface area contributed by atoms with E-state index in [1.54, 1.807) is 17.1 Å². The third-order valence-electron chi connectivity index (χ3n) is 10.6. The normalized spacial score (nSPS) is 23.9. The van der Waals surface area contributed by atoms with Crippen molar-refractivity contribution in [2.75, 3.05) is 11.9 Å². The molecular formula is C38H40BrN7O4. The Labute approximate surface area is 298 Å². The molecule has 2 aliphatic carbocycles. The first-order chi connectivity index (χ1) is 24.0. The zero-order valence-corrected chi connectivity index (χ0v) is 30.0. The van der Waals surface area contributed by atoms with E-state index < -0.39 is 11.8 Å². The predicted molar refractivity (Wildman–Crippen MR) is 192 cm³/mol. The molecule has 0 radical (unpaired) electrons. The topological polar surface area (TPSA) is 149 Å². The minimum atomic E-state index is -0.605. The lowest BCUT2D eigenvalue weighted by Crippen LogP contribution is -2.35. The Morgan fingerprint density at radius 2 is 1.80 bits per heavy atom. The average Bonchev–Trinajstić information content (AvgIpc) is 3.50. The zero-order chi connectivity index (χ0) is 35.2. The summed E-state index contributed by atoms with van der Waals surface area (Å²) in [5.41, 5.74) is 4.17. The highest BCUT2D eigenvalue weighted by molar-refractivity contribution is 9.10. The summed E-state index contributed by atoms with van der Waals surface area (Å²) in [5.74, 6) is -0.701. The smallest absolute Gasteiger partial charge is 0.229 e. The fourth-order valence-electron chi connectivity index (χ4n) is 7.94. The number of halogens is 1. The minimum absolute atomic E-state index is 0.0125. The summed E-state index contributed by atoms with van der Waals surface area (Å²) in [6.45, 7) is 5.54. The summed E-state index contributed by atoms with van der Waals surface area (Å²) in [5, 5.41) is 11.6. The molecule has 258 valence electrons. The van der Waals surface area contributed by atoms with E-state index in [4.69, 9.17) is 5.10 Å². The van der Waals surface area contributed by atoms with Gasteiger partial charge in [-0.3, -0.25) is 23.9 Å². The Morgan fingerprint density at radius 3 is 2.58 bits per heavy atom. The van der Waals surface area contributed by atoms with Crippen LogP contribution in [0.5, 0.6) is 0 Å². The molecule has 0 spiro atoms. The number of benzene rings is 1. The van der Waals surface area contributed by atoms with Gasteiger partial charge in [-0.1, -0.05) is 18.2 Å². The first kappa shape index (κ1) is 33.9. The van der Waals surface area contributed by atoms with Gasteiger partial charge >= 0.3 is 0 Å². The number of carbonyl (C=O) groups excluding carboxylic acids is 4. The van der Waals surface area contributed by atoms with Crippen molar-refractivity contribution in [3.8, 4) is 11.1 Å². The van der Waals surface area contributed by atoms with Crippen LogP contribution in [0.25, 0.3) is 22.0 Å². The summed E-state index contributed by atoms with van der Waals surface area (Å²) in [6.07, 6.45) is 12.3. The van der Waals surface area contributed by atoms with Crippen LogP contribution in [-0.2, 0) is 27.3 Å². The molecule has 2 amide bonds. The molecule has 1 aromatic carbocycles. The molecule has 4 atom stereocenters. The molecule has 3 aliphatic rings. The zero-order valence-electron chi connectivity index (χ0n) is 28.5. The second-order valence-corrected chi connectivity index (χ2v) is 14.9. The standard InChI is InChI=1S/C38H40BrN7O4/c1-21-11-12-31(39)43-36(21)44-37(50)28-15-38-16-29(38)33(28)30(48)19-46-35-24(9-7-5-4-6-8-10-32(49)42-20-38)13-25(26-17-40-23(3)41-18-26)14-27(35)34(45-46)22(2)47/h4-5,11-14,17-18,28-29,33H,6-10,15-16,19-20H2,1-3H3,(H,42,49)(H,43,44,50)/t28-,29+,33?,38+/m1/s1. The van der Waals surface area contributed by atoms with Gasteiger partial charge in [0.05, 0.1) is 5.52 Å². The van der Waals surface area contributed by atoms with Gasteiger partial charge in [0.25, 0.3) is 0 Å². The quantitative estimate of drug-likeness (QED) is 0.145. The SMILES string of the molecule is CC(=O)c1nn2c3c(cc(-c4cnc(C)nc4)cc13)CCC=CCCCC(=O)NC[C@@]13C[C@@H](C(=O)Nc4nc(Br)ccc4C)C(C(=O)C2)[C@@H]1C3. The summed E-state index contributed by atoms with van der Waals surface area (Å²) in [6, 6.07) is 7.69. The number of pyridine rings is 1. The highest BCUT2D eigenvalue weighted by Crippen LogP contribution is 2.68. The van der Waals surface area contributed by atoms with Gasteiger partial charge in [-0.2, -0.15) is 5.10 Å². The average molecular weight is 739 g/mol. The number of Topliss-reactive ketones (excluding diaryl/α,β-unsaturated/α-hetero) is 2. The van der Waals surface area contributed by atoms with Crippen LogP contribution in [0.4, 0.5) is 5.82 Å². The van der Waals surface area contributed by atoms with Crippen LogP contribution in [0.2, 0.25) is 0 Å². The van der Waals surface area contributed by atoms with Crippen molar-refractivity contribution in [2.24, 2.45) is 23.2 Å². The Bertz CT molecular complexity index is 2060. The van der Waals surface area contributed by atoms with Crippen LogP contribution in [0, 0.1) is 37.0 Å². The number of hydrogen-bond acceptors (Lipinski definition) is 8. The van der Waals surface area contributed by atoms with Crippen LogP contribution >= 0.6 is 15.9 Å². The third-order valence-corrected chi connectivity index (χ3v) is 11.0. The van der Waals surface area contributed by atoms with Crippen molar-refractivity contribution in [3.05, 3.63) is 76.1 Å². The molecule has 3 aromatic heterocycles. The van der Waals surface area contributed by atoms with E-state index in [1.807, 2.05) is 32.0 Å². The van der Waals surface area contributed by atoms with E-state index in [9.17, 15) is 19.2 Å². The first-order valence-corrected chi connectivity index (χ1v) is 18.0. The molecular weight excluding hydrogens is 698 g/mol. The van der Waals surface area contributed by atoms with Gasteiger partial charge in [-0.15, -0.1) is 0 Å². The fourth-order valence-corrected chi connectivity index (χ4v) is 8.25. The van der Waals surface area contributed by atoms with E-state index in [0.717, 1.165) is 53.5 Å². The summed E-state index contributed by atoms with van der Waals surface area (Å²) in [4.78, 5) is 67.6. The van der Waals surface area contributed by atoms with Crippen molar-refractivity contribution >= 4 is 56.0 Å². The molecule has 2 bridgehead atoms. The predicted octanol–water partition coefficient (Wildman–Crippen LogP) is 6.11. The largest absolute Gasteiger partial charge is 0.356 e. The van der Waals surface area contributed by atoms with Crippen molar-refractivity contribution in [1.82, 2.24) is 30.0 Å². The fraction of sp³-hybridized carbons (Fsp3) is 0.421. The number of allylic oxidation sites excluding steroid dienone is 2. The number of aryl methyl sites for hydroxylation is 3. The van der Waals surface area contributed by atoms with E-state index in [0.29, 0.717) is 53.1 Å². The molecule has 7 rings (SSSR count). The Kier molecular flexibility index (Phi) is 9.23. The monoisotopic (exact) mass is 737 g/mol. The lowest BCUT2D eigenvalue weighted by Gasteiger charge is -2.22. The molecule has 2 saturated carbocycles. The van der Waals surface area contributed by atoms with Crippen molar-refractivity contribution in [2.45, 2.75) is 72.3 Å². The van der Waals surface area contributed by atoms with E-state index in [-0.39, 0.29) is 41.3 Å². The van der Waals surface area contributed by atoms with E-state index in [1.165, 1.54) is 6.92 Å². The second kappa shape index (κ2) is 13.6. The second-order valence-electron chi connectivity index (χ2n) is 14.1. The van der Waals surface area contributed by atoms with Crippen LogP contribution in [0.3, 0.4) is 0 Å². The van der Waals surface area contributed by atoms with Crippen molar-refractivity contribution in [1.29, 1.82) is 0 Å². The number of nitrogens with zero attached hydrogens (tertiary/aromatic N) is 5. The lowest BCUT2D eigenvalue weighted by molar-refractivity contribution is -0.131. The van der Waals surface area contributed by atoms with E-state index >= 15 is 0 Å². The summed E-state index contributed by atoms with van der Waals surface area (Å²) >= 11 is 3.39. The maximum Gasteiger partial charge on any atom is 0.229 e. The third kappa shape index (κ3) is 6.65. The Balaban J connectivity index is 1.29. The van der Waals surface area contributed by atoms with Crippen LogP contribution in [0.1, 0.15) is 72.9 Å². The highest BCUT2D eigenvalue weighted by Gasteiger charge is 2.68. The van der Waals surface area contributed by atoms with Crippen molar-refractivity contribution < 1.29 is 19.2 Å². The van der Waals surface area contributed by atoms with Gasteiger partial charge in [-0.05, 0) is 115 Å². The van der Waals surface area contributed by atoms with Crippen LogP contribution < -0.4 is 10.6 Å². The number of aromatic nitrogens is 5. The maximum absolute atomic E-state index is 14.5. The van der Waals surface area contributed by atoms with Crippen molar-refractivity contribution in [3.63, 3.8) is 0 Å². The molecule has 4 heterocycles. The number of rotatable bonds is 4. The molecule has 50 heavy (non-hydrogen) atoms. The molecule has 0 saturated heterocycles. The van der Waals surface area contributed by atoms with Gasteiger partial charge in [0.1, 0.15) is 28.5 Å². The van der Waals surface area contributed by atoms with Crippen LogP contribution in [-0.4, -0.2) is 54.7 Å². The number of ketones is 2. The minimum Gasteiger partial charge on any atom is -0.356 e. The highest BCUT2D eigenvalue weighted by atomic mass is 79.9. The van der Waals surface area contributed by atoms with Gasteiger partial charge in [0.2, 0.25) is 11.8 Å². The molecule has 12 heteroatoms. The molecule has 1 unspecified atom stereocenters. The molecule has 4 aromatic rings. The maximum atomic E-state index is 14.5.